The number of hydrogen-bond donors (Lipinski definition) is 8. The molecule has 0 atom stereocenters. The molecule has 0 amide bonds. The minimum absolute atomic E-state index is 0. The zero-order chi connectivity index (χ0) is 47.2. The third kappa shape index (κ3) is 6.08. The summed E-state index contributed by atoms with van der Waals surface area (Å²) in [6, 6.07) is 22.7. The molecule has 0 fully saturated rings. The Hall–Kier alpha value is -9.72. The van der Waals surface area contributed by atoms with Gasteiger partial charge in [-0.05, 0) is 70.1 Å². The van der Waals surface area contributed by atoms with Gasteiger partial charge in [-0.1, -0.05) is 36.4 Å². The van der Waals surface area contributed by atoms with Crippen LogP contribution < -0.4 is 77.6 Å². The molecule has 0 unspecified atom stereocenters. The van der Waals surface area contributed by atoms with Crippen LogP contribution in [-0.2, 0) is 17.1 Å². The molecule has 2 aliphatic carbocycles. The maximum atomic E-state index is 12.1. The van der Waals surface area contributed by atoms with E-state index < -0.39 is 21.7 Å². The molecule has 16 N–H and O–H groups in total. The Morgan fingerprint density at radius 1 is 0.304 bits per heavy atom. The Labute approximate surface area is 394 Å². The van der Waals surface area contributed by atoms with Crippen molar-refractivity contribution >= 4 is 111 Å². The average molecular weight is 951 g/mol. The number of nitrogen functional groups attached to an aromatic ring is 8. The van der Waals surface area contributed by atoms with Crippen LogP contribution >= 0.6 is 0 Å². The first kappa shape index (κ1) is 41.9. The fourth-order valence-electron chi connectivity index (χ4n) is 8.87. The summed E-state index contributed by atoms with van der Waals surface area (Å²) in [6.45, 7) is 0. The van der Waals surface area contributed by atoms with Crippen molar-refractivity contribution in [1.82, 2.24) is 39.9 Å². The van der Waals surface area contributed by atoms with E-state index >= 15 is 0 Å². The van der Waals surface area contributed by atoms with Crippen LogP contribution in [0.4, 0.5) is 45.5 Å². The van der Waals surface area contributed by atoms with E-state index in [9.17, 15) is 19.2 Å². The summed E-state index contributed by atoms with van der Waals surface area (Å²) >= 11 is 0. The quantitative estimate of drug-likeness (QED) is 0.0465. The molecule has 21 heteroatoms. The van der Waals surface area contributed by atoms with Gasteiger partial charge >= 0.3 is 17.1 Å². The van der Waals surface area contributed by atoms with Crippen molar-refractivity contribution in [1.29, 1.82) is 0 Å². The maximum absolute atomic E-state index is 12.1. The number of benzene rings is 8. The molecule has 0 saturated heterocycles. The second-order valence-electron chi connectivity index (χ2n) is 16.4. The van der Waals surface area contributed by atoms with Gasteiger partial charge in [-0.25, -0.2) is 9.97 Å². The van der Waals surface area contributed by atoms with Crippen LogP contribution in [0.3, 0.4) is 0 Å². The summed E-state index contributed by atoms with van der Waals surface area (Å²) in [5.74, 6) is 1.15. The molecule has 6 aromatic carbocycles. The van der Waals surface area contributed by atoms with Crippen LogP contribution in [0.2, 0.25) is 0 Å². The number of nitrogens with two attached hydrogens (primary N) is 8. The fourth-order valence-corrected chi connectivity index (χ4v) is 8.87. The van der Waals surface area contributed by atoms with Crippen molar-refractivity contribution in [3.63, 3.8) is 0 Å². The van der Waals surface area contributed by atoms with Crippen molar-refractivity contribution in [2.75, 3.05) is 45.9 Å². The molecule has 4 aliphatic rings. The first-order valence-electron chi connectivity index (χ1n) is 20.6. The van der Waals surface area contributed by atoms with Crippen molar-refractivity contribution < 1.29 is 17.1 Å². The molecule has 0 radical (unpaired) electrons. The zero-order valence-electron chi connectivity index (χ0n) is 35.3. The predicted molar refractivity (Wildman–Crippen MR) is 266 cm³/mol. The van der Waals surface area contributed by atoms with Crippen molar-refractivity contribution in [3.05, 3.63) is 126 Å². The molecule has 13 rings (SSSR count). The standard InChI is InChI=1S/C32H24N16.C16H6O4.Fe/c33-17-1-9-10(2-18(17)34)26-41-25(9)45-27-11-3-19(35)20(36)4-12(11)29(42-27)47-31-15-7-23(39)24(40)8-16(15)32(44-31)48-30-14-6-22(38)21(37)5-13(14)28(43-30)46-26;17-13-7-3-1-4-8-11(7)12-9(15(13)19)5-2-6-10(12)16(20)14(8)18;/h1-8H,33-40H2;1-6H;/q-2;;+2. The van der Waals surface area contributed by atoms with Gasteiger partial charge in [0.25, 0.3) is 0 Å². The van der Waals surface area contributed by atoms with Crippen LogP contribution in [0.15, 0.2) is 104 Å². The van der Waals surface area contributed by atoms with Gasteiger partial charge in [0.2, 0.25) is 21.7 Å². The number of aromatic nitrogens is 8. The van der Waals surface area contributed by atoms with Crippen LogP contribution in [0.1, 0.15) is 0 Å². The first-order valence-corrected chi connectivity index (χ1v) is 20.6. The smallest absolute Gasteiger partial charge is 0.397 e. The minimum Gasteiger partial charge on any atom is -0.397 e. The van der Waals surface area contributed by atoms with Gasteiger partial charge in [0.1, 0.15) is 0 Å². The van der Waals surface area contributed by atoms with Gasteiger partial charge in [-0.2, -0.15) is 0 Å². The molecular formula is C48H30FeN16O4. The molecule has 5 heterocycles. The van der Waals surface area contributed by atoms with Crippen molar-refractivity contribution in [2.24, 2.45) is 0 Å². The summed E-state index contributed by atoms with van der Waals surface area (Å²) < 4.78 is 0. The number of nitrogens with zero attached hydrogens (tertiary/aromatic N) is 8. The summed E-state index contributed by atoms with van der Waals surface area (Å²) in [5, 5.41) is 3.17. The molecule has 0 spiro atoms. The van der Waals surface area contributed by atoms with E-state index in [1.165, 1.54) is 36.4 Å². The third-order valence-corrected chi connectivity index (χ3v) is 12.3. The Morgan fingerprint density at radius 3 is 0.754 bits per heavy atom. The topological polar surface area (TPSA) is 382 Å². The van der Waals surface area contributed by atoms with Gasteiger partial charge in [0.05, 0.1) is 68.8 Å². The van der Waals surface area contributed by atoms with Crippen molar-refractivity contribution in [3.8, 4) is 56.7 Å². The van der Waals surface area contributed by atoms with Crippen LogP contribution in [0.5, 0.6) is 0 Å². The number of fused-ring (bicyclic) bond motifs is 20. The molecule has 3 aromatic heterocycles. The molecule has 2 aliphatic heterocycles. The summed E-state index contributed by atoms with van der Waals surface area (Å²) in [5.41, 5.74) is 54.5. The molecule has 9 aromatic rings. The number of hydrogen-bond acceptors (Lipinski definition) is 18. The molecule has 0 saturated carbocycles. The average Bonchev–Trinajstić information content (AvgIpc) is 4.02. The number of anilines is 8. The Bertz CT molecular complexity index is 3940. The van der Waals surface area contributed by atoms with Gasteiger partial charge < -0.3 is 75.8 Å². The van der Waals surface area contributed by atoms with Crippen LogP contribution in [0.25, 0.3) is 122 Å². The van der Waals surface area contributed by atoms with Gasteiger partial charge in [0.15, 0.2) is 0 Å². The van der Waals surface area contributed by atoms with E-state index in [0.29, 0.717) is 100 Å². The van der Waals surface area contributed by atoms with E-state index in [1.807, 2.05) is 0 Å². The predicted octanol–water partition coefficient (Wildman–Crippen LogP) is 3.63. The molecule has 8 bridgehead atoms. The Kier molecular flexibility index (Phi) is 8.90. The molecule has 69 heavy (non-hydrogen) atoms. The molecular weight excluding hydrogens is 920 g/mol. The Morgan fingerprint density at radius 2 is 0.522 bits per heavy atom. The zero-order valence-corrected chi connectivity index (χ0v) is 36.4. The van der Waals surface area contributed by atoms with Gasteiger partial charge in [-0.15, -0.1) is 0 Å². The molecule has 20 nitrogen and oxygen atoms in total. The summed E-state index contributed by atoms with van der Waals surface area (Å²) in [4.78, 5) is 87.1. The second kappa shape index (κ2) is 14.6. The van der Waals surface area contributed by atoms with E-state index in [2.05, 4.69) is 0 Å². The second-order valence-corrected chi connectivity index (χ2v) is 16.4. The summed E-state index contributed by atoms with van der Waals surface area (Å²) in [7, 11) is 0. The first-order chi connectivity index (χ1) is 32.6. The third-order valence-electron chi connectivity index (χ3n) is 12.3. The molecule has 334 valence electrons. The van der Waals surface area contributed by atoms with E-state index in [1.54, 1.807) is 48.5 Å². The maximum Gasteiger partial charge on any atom is 2.00 e. The fraction of sp³-hybridized carbons (Fsp3) is 0. The van der Waals surface area contributed by atoms with Crippen molar-refractivity contribution in [2.45, 2.75) is 0 Å². The van der Waals surface area contributed by atoms with E-state index in [0.717, 1.165) is 0 Å². The minimum atomic E-state index is -0.631. The van der Waals surface area contributed by atoms with E-state index in [-0.39, 0.29) is 84.5 Å². The van der Waals surface area contributed by atoms with E-state index in [4.69, 9.17) is 85.7 Å². The van der Waals surface area contributed by atoms with Gasteiger partial charge in [0, 0.05) is 77.5 Å². The van der Waals surface area contributed by atoms with Gasteiger partial charge in [-0.3, -0.25) is 19.2 Å². The SMILES string of the molecule is Nc1cc2c(cc1N)-c1nc-2nc2[n-]c(nc3nc(nc4[n-]c(n1)c1cc(N)c(N)cc41)-c1cc(N)c(N)cc1-3)c1cc(N)c(N)cc21.O=c1c(=O)c2cccc3c2-c2c1cccc2c(=O)c3=O.[Fe+2]. The summed E-state index contributed by atoms with van der Waals surface area (Å²) in [6.07, 6.45) is 0. The number of rotatable bonds is 0. The monoisotopic (exact) mass is 950 g/mol. The normalized spacial score (nSPS) is 11.8. The Balaban J connectivity index is 0.000000206. The van der Waals surface area contributed by atoms with Crippen LogP contribution in [0, 0.1) is 0 Å². The largest absolute Gasteiger partial charge is 2.00 e. The van der Waals surface area contributed by atoms with Crippen LogP contribution in [-0.4, -0.2) is 29.9 Å².